The standard InChI is InChI=1S/C13H8BrClF2N2S/c14-11-7(13(18)20)2-4-10(12(11)17)19-6-1-3-8(15)9(16)5-6/h1-5,19H,(H2,18,20). The van der Waals surface area contributed by atoms with E-state index in [0.717, 1.165) is 0 Å². The lowest BCUT2D eigenvalue weighted by Gasteiger charge is -2.11. The van der Waals surface area contributed by atoms with Crippen molar-refractivity contribution in [1.82, 2.24) is 0 Å². The van der Waals surface area contributed by atoms with Crippen molar-refractivity contribution in [3.8, 4) is 0 Å². The molecule has 2 rings (SSSR count). The molecule has 7 heteroatoms. The zero-order valence-corrected chi connectivity index (χ0v) is 13.0. The van der Waals surface area contributed by atoms with E-state index in [4.69, 9.17) is 29.6 Å². The second-order valence-electron chi connectivity index (χ2n) is 3.91. The number of rotatable bonds is 3. The number of hydrogen-bond donors (Lipinski definition) is 2. The number of thiocarbonyl (C=S) groups is 1. The predicted molar refractivity (Wildman–Crippen MR) is 84.7 cm³/mol. The maximum absolute atomic E-state index is 14.1. The van der Waals surface area contributed by atoms with Crippen molar-refractivity contribution in [3.05, 3.63) is 57.0 Å². The van der Waals surface area contributed by atoms with Crippen LogP contribution in [0.15, 0.2) is 34.8 Å². The van der Waals surface area contributed by atoms with Crippen LogP contribution in [0.4, 0.5) is 20.2 Å². The highest BCUT2D eigenvalue weighted by Crippen LogP contribution is 2.30. The summed E-state index contributed by atoms with van der Waals surface area (Å²) in [5, 5.41) is 2.76. The maximum Gasteiger partial charge on any atom is 0.161 e. The van der Waals surface area contributed by atoms with E-state index in [9.17, 15) is 8.78 Å². The first-order chi connectivity index (χ1) is 9.40. The SMILES string of the molecule is NC(=S)c1ccc(Nc2ccc(Cl)c(F)c2)c(F)c1Br. The van der Waals surface area contributed by atoms with Gasteiger partial charge in [0.05, 0.1) is 15.2 Å². The molecule has 20 heavy (non-hydrogen) atoms. The van der Waals surface area contributed by atoms with Gasteiger partial charge in [-0.05, 0) is 46.3 Å². The summed E-state index contributed by atoms with van der Waals surface area (Å²) in [5.41, 5.74) is 6.41. The van der Waals surface area contributed by atoms with E-state index >= 15 is 0 Å². The monoisotopic (exact) mass is 376 g/mol. The van der Waals surface area contributed by atoms with E-state index in [1.165, 1.54) is 18.2 Å². The molecule has 2 aromatic rings. The molecule has 0 atom stereocenters. The molecular formula is C13H8BrClF2N2S. The molecule has 0 unspecified atom stereocenters. The Morgan fingerprint density at radius 2 is 1.95 bits per heavy atom. The van der Waals surface area contributed by atoms with E-state index in [-0.39, 0.29) is 20.2 Å². The van der Waals surface area contributed by atoms with Crippen LogP contribution in [0.3, 0.4) is 0 Å². The minimum Gasteiger partial charge on any atom is -0.389 e. The molecule has 0 aromatic heterocycles. The number of nitrogens with two attached hydrogens (primary N) is 1. The number of anilines is 2. The summed E-state index contributed by atoms with van der Waals surface area (Å²) in [6.45, 7) is 0. The fourth-order valence-corrected chi connectivity index (χ4v) is 2.54. The third kappa shape index (κ3) is 3.08. The van der Waals surface area contributed by atoms with Crippen molar-refractivity contribution in [2.75, 3.05) is 5.32 Å². The number of hydrogen-bond acceptors (Lipinski definition) is 2. The second kappa shape index (κ2) is 6.03. The fraction of sp³-hybridized carbons (Fsp3) is 0. The van der Waals surface area contributed by atoms with Crippen molar-refractivity contribution in [3.63, 3.8) is 0 Å². The predicted octanol–water partition coefficient (Wildman–Crippen LogP) is 4.76. The Morgan fingerprint density at radius 1 is 1.25 bits per heavy atom. The van der Waals surface area contributed by atoms with E-state index < -0.39 is 11.6 Å². The van der Waals surface area contributed by atoms with Gasteiger partial charge in [-0.25, -0.2) is 8.78 Å². The molecule has 2 nitrogen and oxygen atoms in total. The molecule has 0 bridgehead atoms. The molecule has 0 saturated heterocycles. The summed E-state index contributed by atoms with van der Waals surface area (Å²) in [5.74, 6) is -1.15. The Balaban J connectivity index is 2.37. The van der Waals surface area contributed by atoms with Gasteiger partial charge in [-0.3, -0.25) is 0 Å². The quantitative estimate of drug-likeness (QED) is 0.758. The van der Waals surface area contributed by atoms with Gasteiger partial charge in [-0.2, -0.15) is 0 Å². The molecule has 0 aliphatic carbocycles. The van der Waals surface area contributed by atoms with Gasteiger partial charge >= 0.3 is 0 Å². The van der Waals surface area contributed by atoms with Crippen LogP contribution in [0.25, 0.3) is 0 Å². The summed E-state index contributed by atoms with van der Waals surface area (Å²) in [4.78, 5) is 0.0832. The molecule has 0 fully saturated rings. The maximum atomic E-state index is 14.1. The van der Waals surface area contributed by atoms with Crippen molar-refractivity contribution >= 4 is 56.1 Å². The summed E-state index contributed by atoms with van der Waals surface area (Å²) in [7, 11) is 0. The summed E-state index contributed by atoms with van der Waals surface area (Å²) >= 11 is 13.5. The molecule has 3 N–H and O–H groups in total. The van der Waals surface area contributed by atoms with E-state index in [1.807, 2.05) is 0 Å². The van der Waals surface area contributed by atoms with Crippen molar-refractivity contribution in [2.45, 2.75) is 0 Å². The summed E-state index contributed by atoms with van der Waals surface area (Å²) in [6, 6.07) is 7.15. The topological polar surface area (TPSA) is 38.0 Å². The molecule has 0 amide bonds. The first-order valence-corrected chi connectivity index (χ1v) is 6.98. The number of nitrogens with one attached hydrogen (secondary N) is 1. The third-order valence-corrected chi connectivity index (χ3v) is 3.85. The number of benzene rings is 2. The van der Waals surface area contributed by atoms with Crippen LogP contribution < -0.4 is 11.1 Å². The first kappa shape index (κ1) is 15.2. The molecule has 0 saturated carbocycles. The lowest BCUT2D eigenvalue weighted by molar-refractivity contribution is 0.623. The fourth-order valence-electron chi connectivity index (χ4n) is 1.57. The minimum atomic E-state index is -0.587. The minimum absolute atomic E-state index is 0.000955. The van der Waals surface area contributed by atoms with Gasteiger partial charge in [0.25, 0.3) is 0 Å². The van der Waals surface area contributed by atoms with Crippen LogP contribution in [0.1, 0.15) is 5.56 Å². The van der Waals surface area contributed by atoms with Gasteiger partial charge in [-0.1, -0.05) is 23.8 Å². The lowest BCUT2D eigenvalue weighted by Crippen LogP contribution is -2.11. The van der Waals surface area contributed by atoms with E-state index in [1.54, 1.807) is 12.1 Å². The van der Waals surface area contributed by atoms with Gasteiger partial charge in [0.15, 0.2) is 5.82 Å². The highest BCUT2D eigenvalue weighted by atomic mass is 79.9. The van der Waals surface area contributed by atoms with Crippen LogP contribution in [-0.4, -0.2) is 4.99 Å². The summed E-state index contributed by atoms with van der Waals surface area (Å²) < 4.78 is 27.6. The van der Waals surface area contributed by atoms with Crippen LogP contribution >= 0.6 is 39.7 Å². The zero-order valence-electron chi connectivity index (χ0n) is 9.88. The molecule has 0 aliphatic heterocycles. The Hall–Kier alpha value is -1.24. The average Bonchev–Trinajstić information content (AvgIpc) is 2.39. The smallest absolute Gasteiger partial charge is 0.161 e. The Kier molecular flexibility index (Phi) is 4.57. The molecule has 0 heterocycles. The Bertz CT molecular complexity index is 694. The van der Waals surface area contributed by atoms with Crippen LogP contribution in [-0.2, 0) is 0 Å². The largest absolute Gasteiger partial charge is 0.389 e. The molecule has 0 radical (unpaired) electrons. The Labute approximate surface area is 133 Å². The van der Waals surface area contributed by atoms with Gasteiger partial charge in [0.1, 0.15) is 10.8 Å². The van der Waals surface area contributed by atoms with E-state index in [0.29, 0.717) is 11.3 Å². The number of halogens is 4. The highest BCUT2D eigenvalue weighted by molar-refractivity contribution is 9.10. The van der Waals surface area contributed by atoms with Gasteiger partial charge in [-0.15, -0.1) is 0 Å². The normalized spacial score (nSPS) is 10.4. The third-order valence-electron chi connectivity index (χ3n) is 2.55. The van der Waals surface area contributed by atoms with Crippen molar-refractivity contribution < 1.29 is 8.78 Å². The first-order valence-electron chi connectivity index (χ1n) is 5.40. The van der Waals surface area contributed by atoms with Crippen LogP contribution in [0.5, 0.6) is 0 Å². The zero-order chi connectivity index (χ0) is 14.9. The van der Waals surface area contributed by atoms with Crippen molar-refractivity contribution in [1.29, 1.82) is 0 Å². The molecule has 0 spiro atoms. The van der Waals surface area contributed by atoms with Crippen molar-refractivity contribution in [2.24, 2.45) is 5.73 Å². The summed E-state index contributed by atoms with van der Waals surface area (Å²) in [6.07, 6.45) is 0. The van der Waals surface area contributed by atoms with Crippen LogP contribution in [0, 0.1) is 11.6 Å². The van der Waals surface area contributed by atoms with Gasteiger partial charge < -0.3 is 11.1 Å². The molecule has 104 valence electrons. The molecule has 2 aromatic carbocycles. The second-order valence-corrected chi connectivity index (χ2v) is 5.55. The highest BCUT2D eigenvalue weighted by Gasteiger charge is 2.13. The lowest BCUT2D eigenvalue weighted by atomic mass is 10.2. The Morgan fingerprint density at radius 3 is 2.55 bits per heavy atom. The van der Waals surface area contributed by atoms with Gasteiger partial charge in [0, 0.05) is 11.3 Å². The van der Waals surface area contributed by atoms with E-state index in [2.05, 4.69) is 21.2 Å². The molecule has 0 aliphatic rings. The van der Waals surface area contributed by atoms with Gasteiger partial charge in [0.2, 0.25) is 0 Å². The average molecular weight is 378 g/mol. The van der Waals surface area contributed by atoms with Crippen LogP contribution in [0.2, 0.25) is 5.02 Å². The molecular weight excluding hydrogens is 370 g/mol.